The SMILES string of the molecule is CCOc1cc(C2c3c(oc4ccccc4c3=O)C(=O)N2c2ncccc2C)ccc1OCc1ccccc1. The van der Waals surface area contributed by atoms with E-state index >= 15 is 0 Å². The van der Waals surface area contributed by atoms with Crippen LogP contribution in [0.25, 0.3) is 11.0 Å². The van der Waals surface area contributed by atoms with Crippen LogP contribution in [-0.4, -0.2) is 17.5 Å². The summed E-state index contributed by atoms with van der Waals surface area (Å²) in [6, 6.07) is 25.3. The highest BCUT2D eigenvalue weighted by Crippen LogP contribution is 2.43. The second-order valence-corrected chi connectivity index (χ2v) is 9.31. The molecule has 0 N–H and O–H groups in total. The predicted octanol–water partition coefficient (Wildman–Crippen LogP) is 6.22. The fraction of sp³-hybridized carbons (Fsp3) is 0.156. The molecule has 7 heteroatoms. The number of hydrogen-bond donors (Lipinski definition) is 0. The molecule has 6 rings (SSSR count). The molecule has 0 bridgehead atoms. The van der Waals surface area contributed by atoms with Gasteiger partial charge in [-0.1, -0.05) is 54.6 Å². The van der Waals surface area contributed by atoms with Crippen LogP contribution in [0, 0.1) is 6.92 Å². The van der Waals surface area contributed by atoms with Crippen LogP contribution in [0.3, 0.4) is 0 Å². The molecule has 0 aliphatic carbocycles. The third-order valence-electron chi connectivity index (χ3n) is 6.81. The molecule has 194 valence electrons. The van der Waals surface area contributed by atoms with E-state index in [1.165, 1.54) is 0 Å². The average molecular weight is 519 g/mol. The minimum Gasteiger partial charge on any atom is -0.490 e. The van der Waals surface area contributed by atoms with Crippen LogP contribution in [0.15, 0.2) is 100 Å². The topological polar surface area (TPSA) is 81.9 Å². The molecule has 5 aromatic rings. The number of aromatic nitrogens is 1. The Kier molecular flexibility index (Phi) is 6.32. The monoisotopic (exact) mass is 518 g/mol. The van der Waals surface area contributed by atoms with Gasteiger partial charge < -0.3 is 13.9 Å². The molecule has 7 nitrogen and oxygen atoms in total. The van der Waals surface area contributed by atoms with E-state index < -0.39 is 11.9 Å². The molecular formula is C32H26N2O5. The van der Waals surface area contributed by atoms with Gasteiger partial charge in [-0.05, 0) is 60.9 Å². The number of para-hydroxylation sites is 1. The number of benzene rings is 3. The van der Waals surface area contributed by atoms with E-state index in [2.05, 4.69) is 4.98 Å². The molecular weight excluding hydrogens is 492 g/mol. The molecule has 0 fully saturated rings. The number of carbonyl (C=O) groups excluding carboxylic acids is 1. The number of anilines is 1. The van der Waals surface area contributed by atoms with E-state index in [0.717, 1.165) is 11.1 Å². The Morgan fingerprint density at radius 3 is 2.49 bits per heavy atom. The minimum absolute atomic E-state index is 0.0242. The summed E-state index contributed by atoms with van der Waals surface area (Å²) in [7, 11) is 0. The van der Waals surface area contributed by atoms with E-state index in [9.17, 15) is 9.59 Å². The lowest BCUT2D eigenvalue weighted by atomic mass is 9.98. The van der Waals surface area contributed by atoms with Gasteiger partial charge in [0.1, 0.15) is 18.0 Å². The zero-order valence-electron chi connectivity index (χ0n) is 21.6. The number of aryl methyl sites for hydroxylation is 1. The third-order valence-corrected chi connectivity index (χ3v) is 6.81. The minimum atomic E-state index is -0.760. The van der Waals surface area contributed by atoms with Gasteiger partial charge >= 0.3 is 0 Å². The molecule has 1 atom stereocenters. The fourth-order valence-electron chi connectivity index (χ4n) is 5.00. The standard InChI is InChI=1S/C32H26N2O5/c1-3-37-26-18-22(15-16-25(26)38-19-21-11-5-4-6-12-21)28-27-29(35)23-13-7-8-14-24(23)39-30(27)32(36)34(28)31-20(2)10-9-17-33-31/h4-18,28H,3,19H2,1-2H3. The van der Waals surface area contributed by atoms with E-state index in [-0.39, 0.29) is 16.8 Å². The summed E-state index contributed by atoms with van der Waals surface area (Å²) in [6.07, 6.45) is 1.63. The number of pyridine rings is 1. The lowest BCUT2D eigenvalue weighted by Crippen LogP contribution is -2.31. The summed E-state index contributed by atoms with van der Waals surface area (Å²) < 4.78 is 18.1. The van der Waals surface area contributed by atoms with Crippen molar-refractivity contribution < 1.29 is 18.7 Å². The first-order valence-corrected chi connectivity index (χ1v) is 12.8. The van der Waals surface area contributed by atoms with E-state index in [4.69, 9.17) is 13.9 Å². The molecule has 2 aromatic heterocycles. The van der Waals surface area contributed by atoms with Crippen molar-refractivity contribution in [3.63, 3.8) is 0 Å². The fourth-order valence-corrected chi connectivity index (χ4v) is 5.00. The van der Waals surface area contributed by atoms with E-state index in [0.29, 0.717) is 47.1 Å². The predicted molar refractivity (Wildman–Crippen MR) is 148 cm³/mol. The zero-order valence-corrected chi connectivity index (χ0v) is 21.6. The molecule has 1 aliphatic heterocycles. The van der Waals surface area contributed by atoms with Gasteiger partial charge in [0.2, 0.25) is 5.76 Å². The number of ether oxygens (including phenoxy) is 2. The Morgan fingerprint density at radius 2 is 1.69 bits per heavy atom. The second-order valence-electron chi connectivity index (χ2n) is 9.31. The third kappa shape index (κ3) is 4.32. The van der Waals surface area contributed by atoms with Gasteiger partial charge in [-0.2, -0.15) is 0 Å². The molecule has 39 heavy (non-hydrogen) atoms. The number of fused-ring (bicyclic) bond motifs is 2. The smallest absolute Gasteiger partial charge is 0.296 e. The van der Waals surface area contributed by atoms with Crippen molar-refractivity contribution in [3.8, 4) is 11.5 Å². The largest absolute Gasteiger partial charge is 0.490 e. The van der Waals surface area contributed by atoms with Crippen molar-refractivity contribution in [3.05, 3.63) is 129 Å². The quantitative estimate of drug-likeness (QED) is 0.254. The normalized spacial score (nSPS) is 14.5. The second kappa shape index (κ2) is 10.1. The van der Waals surface area contributed by atoms with Crippen molar-refractivity contribution in [2.75, 3.05) is 11.5 Å². The zero-order chi connectivity index (χ0) is 26.9. The molecule has 3 aromatic carbocycles. The van der Waals surface area contributed by atoms with Crippen molar-refractivity contribution in [1.29, 1.82) is 0 Å². The van der Waals surface area contributed by atoms with Crippen LogP contribution in [0.1, 0.15) is 45.8 Å². The average Bonchev–Trinajstić information content (AvgIpc) is 3.25. The van der Waals surface area contributed by atoms with Gasteiger partial charge in [-0.3, -0.25) is 14.5 Å². The van der Waals surface area contributed by atoms with Gasteiger partial charge in [-0.25, -0.2) is 4.98 Å². The molecule has 0 saturated carbocycles. The lowest BCUT2D eigenvalue weighted by molar-refractivity contribution is 0.0970. The number of carbonyl (C=O) groups is 1. The van der Waals surface area contributed by atoms with Crippen molar-refractivity contribution in [1.82, 2.24) is 4.98 Å². The summed E-state index contributed by atoms with van der Waals surface area (Å²) in [4.78, 5) is 33.8. The summed E-state index contributed by atoms with van der Waals surface area (Å²) in [5, 5.41) is 0.418. The lowest BCUT2D eigenvalue weighted by Gasteiger charge is -2.26. The maximum absolute atomic E-state index is 13.9. The highest BCUT2D eigenvalue weighted by molar-refractivity contribution is 6.10. The maximum atomic E-state index is 13.9. The van der Waals surface area contributed by atoms with Crippen molar-refractivity contribution >= 4 is 22.7 Å². The Morgan fingerprint density at radius 1 is 0.897 bits per heavy atom. The van der Waals surface area contributed by atoms with Crippen LogP contribution in [0.5, 0.6) is 11.5 Å². The first-order chi connectivity index (χ1) is 19.1. The molecule has 1 unspecified atom stereocenters. The summed E-state index contributed by atoms with van der Waals surface area (Å²) >= 11 is 0. The van der Waals surface area contributed by atoms with Gasteiger partial charge in [0.25, 0.3) is 5.91 Å². The number of amides is 1. The van der Waals surface area contributed by atoms with Crippen molar-refractivity contribution in [2.45, 2.75) is 26.5 Å². The van der Waals surface area contributed by atoms with Crippen molar-refractivity contribution in [2.24, 2.45) is 0 Å². The van der Waals surface area contributed by atoms with Crippen LogP contribution in [0.4, 0.5) is 5.82 Å². The summed E-state index contributed by atoms with van der Waals surface area (Å²) in [6.45, 7) is 4.57. The van der Waals surface area contributed by atoms with Gasteiger partial charge in [0.15, 0.2) is 16.9 Å². The number of nitrogens with zero attached hydrogens (tertiary/aromatic N) is 2. The summed E-state index contributed by atoms with van der Waals surface area (Å²) in [5.41, 5.74) is 2.92. The van der Waals surface area contributed by atoms with Crippen LogP contribution < -0.4 is 19.8 Å². The molecule has 1 aliphatic rings. The number of rotatable bonds is 7. The first-order valence-electron chi connectivity index (χ1n) is 12.8. The Bertz CT molecular complexity index is 1750. The van der Waals surface area contributed by atoms with Gasteiger partial charge in [-0.15, -0.1) is 0 Å². The Balaban J connectivity index is 1.50. The van der Waals surface area contributed by atoms with Crippen LogP contribution >= 0.6 is 0 Å². The molecule has 0 saturated heterocycles. The Labute approximate surface area is 225 Å². The molecule has 3 heterocycles. The molecule has 0 spiro atoms. The van der Waals surface area contributed by atoms with Gasteiger partial charge in [0.05, 0.1) is 23.6 Å². The maximum Gasteiger partial charge on any atom is 0.296 e. The molecule has 1 amide bonds. The van der Waals surface area contributed by atoms with Gasteiger partial charge in [0, 0.05) is 6.20 Å². The van der Waals surface area contributed by atoms with E-state index in [1.807, 2.05) is 74.5 Å². The number of hydrogen-bond acceptors (Lipinski definition) is 6. The molecule has 0 radical (unpaired) electrons. The summed E-state index contributed by atoms with van der Waals surface area (Å²) in [5.74, 6) is 1.16. The Hall–Kier alpha value is -4.91. The van der Waals surface area contributed by atoms with E-state index in [1.54, 1.807) is 35.4 Å². The highest BCUT2D eigenvalue weighted by atomic mass is 16.5. The van der Waals surface area contributed by atoms with Crippen LogP contribution in [0.2, 0.25) is 0 Å². The first kappa shape index (κ1) is 24.4. The highest BCUT2D eigenvalue weighted by Gasteiger charge is 2.45. The van der Waals surface area contributed by atoms with Crippen LogP contribution in [-0.2, 0) is 6.61 Å².